The van der Waals surface area contributed by atoms with Crippen molar-refractivity contribution in [1.29, 1.82) is 0 Å². The van der Waals surface area contributed by atoms with E-state index in [-0.39, 0.29) is 0 Å². The second-order valence-electron chi connectivity index (χ2n) is 2.87. The molecule has 0 heterocycles. The first kappa shape index (κ1) is 7.99. The summed E-state index contributed by atoms with van der Waals surface area (Å²) in [5.41, 5.74) is 3.56. The monoisotopic (exact) mass is 148 g/mol. The van der Waals surface area contributed by atoms with Crippen LogP contribution in [0.4, 0.5) is 0 Å². The van der Waals surface area contributed by atoms with Crippen molar-refractivity contribution in [2.24, 2.45) is 0 Å². The van der Waals surface area contributed by atoms with Gasteiger partial charge in [0, 0.05) is 6.42 Å². The van der Waals surface area contributed by atoms with E-state index in [1.807, 2.05) is 26.0 Å². The fourth-order valence-corrected chi connectivity index (χ4v) is 1.28. The Kier molecular flexibility index (Phi) is 2.42. The Hall–Kier alpha value is -1.11. The predicted molar refractivity (Wildman–Crippen MR) is 45.7 cm³/mol. The minimum atomic E-state index is 0.530. The van der Waals surface area contributed by atoms with Crippen molar-refractivity contribution >= 4 is 6.29 Å². The van der Waals surface area contributed by atoms with E-state index < -0.39 is 0 Å². The van der Waals surface area contributed by atoms with Crippen LogP contribution in [-0.2, 0) is 11.2 Å². The van der Waals surface area contributed by atoms with Gasteiger partial charge in [0.2, 0.25) is 0 Å². The molecule has 1 aromatic rings. The minimum Gasteiger partial charge on any atom is -0.303 e. The third-order valence-corrected chi connectivity index (χ3v) is 1.60. The van der Waals surface area contributed by atoms with E-state index in [4.69, 9.17) is 0 Å². The molecule has 1 aromatic carbocycles. The summed E-state index contributed by atoms with van der Waals surface area (Å²) in [6.07, 6.45) is 1.47. The Balaban J connectivity index is 2.98. The van der Waals surface area contributed by atoms with Crippen molar-refractivity contribution in [3.05, 3.63) is 34.9 Å². The molecule has 0 saturated carbocycles. The molecule has 58 valence electrons. The number of hydrogen-bond donors (Lipinski definition) is 0. The Morgan fingerprint density at radius 2 is 1.73 bits per heavy atom. The molecule has 0 aliphatic carbocycles. The average molecular weight is 148 g/mol. The number of carbonyl (C=O) groups is 1. The van der Waals surface area contributed by atoms with Crippen LogP contribution in [0.5, 0.6) is 0 Å². The lowest BCUT2D eigenvalue weighted by atomic mass is 10.1. The number of benzene rings is 1. The van der Waals surface area contributed by atoms with Crippen LogP contribution in [-0.4, -0.2) is 6.29 Å². The van der Waals surface area contributed by atoms with Crippen LogP contribution in [0, 0.1) is 13.8 Å². The summed E-state index contributed by atoms with van der Waals surface area (Å²) in [6, 6.07) is 6.19. The van der Waals surface area contributed by atoms with E-state index in [1.165, 1.54) is 11.1 Å². The zero-order valence-corrected chi connectivity index (χ0v) is 6.92. The normalized spacial score (nSPS) is 9.64. The first-order valence-electron chi connectivity index (χ1n) is 3.73. The number of rotatable bonds is 2. The fourth-order valence-electron chi connectivity index (χ4n) is 1.28. The second-order valence-corrected chi connectivity index (χ2v) is 2.87. The Morgan fingerprint density at radius 1 is 1.18 bits per heavy atom. The van der Waals surface area contributed by atoms with Gasteiger partial charge in [-0.3, -0.25) is 0 Å². The van der Waals surface area contributed by atoms with Crippen molar-refractivity contribution in [2.45, 2.75) is 20.3 Å². The zero-order chi connectivity index (χ0) is 8.27. The third kappa shape index (κ3) is 2.19. The Bertz CT molecular complexity index is 243. The molecule has 0 unspecified atom stereocenters. The fraction of sp³-hybridized carbons (Fsp3) is 0.300. The van der Waals surface area contributed by atoms with Gasteiger partial charge < -0.3 is 4.79 Å². The van der Waals surface area contributed by atoms with Gasteiger partial charge in [-0.1, -0.05) is 29.3 Å². The number of hydrogen-bond acceptors (Lipinski definition) is 1. The molecule has 0 aliphatic rings. The molecule has 0 fully saturated rings. The van der Waals surface area contributed by atoms with Crippen molar-refractivity contribution in [2.75, 3.05) is 0 Å². The van der Waals surface area contributed by atoms with Gasteiger partial charge in [0.15, 0.2) is 0 Å². The largest absolute Gasteiger partial charge is 0.303 e. The highest BCUT2D eigenvalue weighted by Crippen LogP contribution is 2.08. The molecule has 1 heteroatoms. The summed E-state index contributed by atoms with van der Waals surface area (Å²) in [4.78, 5) is 10.2. The van der Waals surface area contributed by atoms with Crippen LogP contribution in [0.3, 0.4) is 0 Å². The lowest BCUT2D eigenvalue weighted by Gasteiger charge is -1.99. The first-order valence-corrected chi connectivity index (χ1v) is 3.73. The maximum atomic E-state index is 10.2. The predicted octanol–water partition coefficient (Wildman–Crippen LogP) is 2.04. The first-order chi connectivity index (χ1) is 5.22. The third-order valence-electron chi connectivity index (χ3n) is 1.60. The van der Waals surface area contributed by atoms with E-state index in [9.17, 15) is 4.79 Å². The van der Waals surface area contributed by atoms with Gasteiger partial charge in [0.05, 0.1) is 0 Å². The molecule has 1 nitrogen and oxygen atoms in total. The Labute approximate surface area is 67.1 Å². The minimum absolute atomic E-state index is 0.530. The maximum Gasteiger partial charge on any atom is 0.124 e. The maximum absolute atomic E-state index is 10.2. The quantitative estimate of drug-likeness (QED) is 0.586. The molecule has 1 rings (SSSR count). The van der Waals surface area contributed by atoms with Crippen LogP contribution in [0.25, 0.3) is 0 Å². The van der Waals surface area contributed by atoms with Crippen LogP contribution in [0.15, 0.2) is 18.2 Å². The van der Waals surface area contributed by atoms with Crippen molar-refractivity contribution in [1.82, 2.24) is 0 Å². The van der Waals surface area contributed by atoms with Gasteiger partial charge in [-0.15, -0.1) is 0 Å². The van der Waals surface area contributed by atoms with E-state index in [0.717, 1.165) is 11.8 Å². The van der Waals surface area contributed by atoms with E-state index in [0.29, 0.717) is 6.42 Å². The van der Waals surface area contributed by atoms with Crippen LogP contribution in [0.1, 0.15) is 16.7 Å². The average Bonchev–Trinajstić information content (AvgIpc) is 1.85. The molecule has 0 aromatic heterocycles. The van der Waals surface area contributed by atoms with Gasteiger partial charge in [-0.2, -0.15) is 0 Å². The van der Waals surface area contributed by atoms with Gasteiger partial charge in [0.25, 0.3) is 0 Å². The van der Waals surface area contributed by atoms with Crippen molar-refractivity contribution in [3.8, 4) is 0 Å². The van der Waals surface area contributed by atoms with Gasteiger partial charge in [-0.25, -0.2) is 0 Å². The molecule has 0 radical (unpaired) electrons. The highest BCUT2D eigenvalue weighted by molar-refractivity contribution is 5.55. The van der Waals surface area contributed by atoms with Gasteiger partial charge >= 0.3 is 0 Å². The molecular formula is C10H12O. The molecule has 0 atom stereocenters. The van der Waals surface area contributed by atoms with E-state index in [2.05, 4.69) is 6.07 Å². The topological polar surface area (TPSA) is 17.1 Å². The highest BCUT2D eigenvalue weighted by atomic mass is 16.1. The molecular weight excluding hydrogens is 136 g/mol. The van der Waals surface area contributed by atoms with Gasteiger partial charge in [0.1, 0.15) is 6.29 Å². The Morgan fingerprint density at radius 3 is 2.18 bits per heavy atom. The highest BCUT2D eigenvalue weighted by Gasteiger charge is 1.93. The summed E-state index contributed by atoms with van der Waals surface area (Å²) in [5, 5.41) is 0. The molecule has 0 spiro atoms. The summed E-state index contributed by atoms with van der Waals surface area (Å²) >= 11 is 0. The van der Waals surface area contributed by atoms with Crippen LogP contribution >= 0.6 is 0 Å². The molecule has 0 amide bonds. The number of aryl methyl sites for hydroxylation is 2. The van der Waals surface area contributed by atoms with Crippen molar-refractivity contribution < 1.29 is 4.79 Å². The lowest BCUT2D eigenvalue weighted by molar-refractivity contribution is -0.107. The lowest BCUT2D eigenvalue weighted by Crippen LogP contribution is -1.88. The summed E-state index contributed by atoms with van der Waals surface area (Å²) in [5.74, 6) is 0. The zero-order valence-electron chi connectivity index (χ0n) is 6.92. The van der Waals surface area contributed by atoms with E-state index in [1.54, 1.807) is 0 Å². The standard InChI is InChI=1S/C10H12O/c1-8-5-9(2)7-10(6-8)3-4-11/h4-7H,3H2,1-2H3. The molecule has 0 saturated heterocycles. The molecule has 0 aliphatic heterocycles. The number of carbonyl (C=O) groups excluding carboxylic acids is 1. The summed E-state index contributed by atoms with van der Waals surface area (Å²) in [7, 11) is 0. The number of aldehydes is 1. The SMILES string of the molecule is Cc1cc(C)cc(CC=O)c1. The van der Waals surface area contributed by atoms with Crippen molar-refractivity contribution in [3.63, 3.8) is 0 Å². The molecule has 0 N–H and O–H groups in total. The van der Waals surface area contributed by atoms with Gasteiger partial charge in [-0.05, 0) is 19.4 Å². The smallest absolute Gasteiger partial charge is 0.124 e. The second kappa shape index (κ2) is 3.33. The molecule has 0 bridgehead atoms. The van der Waals surface area contributed by atoms with Crippen LogP contribution < -0.4 is 0 Å². The summed E-state index contributed by atoms with van der Waals surface area (Å²) < 4.78 is 0. The van der Waals surface area contributed by atoms with E-state index >= 15 is 0 Å². The summed E-state index contributed by atoms with van der Waals surface area (Å²) in [6.45, 7) is 4.09. The molecule has 11 heavy (non-hydrogen) atoms. The van der Waals surface area contributed by atoms with Crippen LogP contribution in [0.2, 0.25) is 0 Å².